The molecule has 3 aliphatic rings. The summed E-state index contributed by atoms with van der Waals surface area (Å²) in [5.74, 6) is 2.97. The second kappa shape index (κ2) is 5.85. The van der Waals surface area contributed by atoms with Crippen molar-refractivity contribution in [1.82, 2.24) is 20.1 Å². The summed E-state index contributed by atoms with van der Waals surface area (Å²) in [4.78, 5) is 19.1. The van der Waals surface area contributed by atoms with Gasteiger partial charge in [-0.3, -0.25) is 9.89 Å². The number of hydrogen-bond acceptors (Lipinski definition) is 5. The third-order valence-corrected chi connectivity index (χ3v) is 5.69. The van der Waals surface area contributed by atoms with Crippen molar-refractivity contribution in [1.29, 1.82) is 5.26 Å². The maximum absolute atomic E-state index is 12.6. The number of likely N-dealkylation sites (tertiary alicyclic amines) is 1. The molecule has 7 nitrogen and oxygen atoms in total. The lowest BCUT2D eigenvalue weighted by Gasteiger charge is -2.17. The fourth-order valence-corrected chi connectivity index (χ4v) is 3.87. The van der Waals surface area contributed by atoms with Gasteiger partial charge in [0, 0.05) is 32.5 Å². The fourth-order valence-electron chi connectivity index (χ4n) is 3.87. The Morgan fingerprint density at radius 2 is 2.25 bits per heavy atom. The van der Waals surface area contributed by atoms with Crippen molar-refractivity contribution in [2.24, 2.45) is 17.3 Å². The zero-order chi connectivity index (χ0) is 16.7. The smallest absolute Gasteiger partial charge is 0.224 e. The molecule has 1 N–H and O–H groups in total. The maximum atomic E-state index is 12.6. The van der Waals surface area contributed by atoms with E-state index in [0.717, 1.165) is 31.0 Å². The molecule has 2 aliphatic carbocycles. The minimum Gasteiger partial charge on any atom is -0.377 e. The zero-order valence-electron chi connectivity index (χ0n) is 14.0. The van der Waals surface area contributed by atoms with E-state index < -0.39 is 0 Å². The number of nitrogens with one attached hydrogen (secondary N) is 1. The van der Waals surface area contributed by atoms with Crippen LogP contribution < -0.4 is 0 Å². The van der Waals surface area contributed by atoms with E-state index in [9.17, 15) is 10.1 Å². The molecule has 24 heavy (non-hydrogen) atoms. The Labute approximate surface area is 141 Å². The van der Waals surface area contributed by atoms with Crippen LogP contribution >= 0.6 is 0 Å². The lowest BCUT2D eigenvalue weighted by molar-refractivity contribution is -0.131. The molecule has 1 aromatic rings. The summed E-state index contributed by atoms with van der Waals surface area (Å²) in [5.41, 5.74) is -0.375. The first-order valence-electron chi connectivity index (χ1n) is 8.73. The number of H-pyrrole nitrogens is 1. The lowest BCUT2D eigenvalue weighted by Crippen LogP contribution is -2.30. The molecule has 1 aliphatic heterocycles. The Kier molecular flexibility index (Phi) is 3.80. The predicted octanol–water partition coefficient (Wildman–Crippen LogP) is 1.60. The van der Waals surface area contributed by atoms with Gasteiger partial charge < -0.3 is 9.64 Å². The number of aromatic amines is 1. The minimum atomic E-state index is -0.375. The molecule has 0 radical (unpaired) electrons. The third kappa shape index (κ3) is 2.91. The van der Waals surface area contributed by atoms with Gasteiger partial charge in [-0.2, -0.15) is 10.4 Å². The Morgan fingerprint density at radius 3 is 2.88 bits per heavy atom. The first-order chi connectivity index (χ1) is 11.6. The molecule has 1 aromatic heterocycles. The summed E-state index contributed by atoms with van der Waals surface area (Å²) in [7, 11) is 1.63. The monoisotopic (exact) mass is 329 g/mol. The van der Waals surface area contributed by atoms with E-state index in [1.807, 2.05) is 4.90 Å². The zero-order valence-corrected chi connectivity index (χ0v) is 14.0. The molecule has 0 aromatic carbocycles. The molecular weight excluding hydrogens is 306 g/mol. The molecular formula is C17H23N5O2. The van der Waals surface area contributed by atoms with E-state index >= 15 is 0 Å². The third-order valence-electron chi connectivity index (χ3n) is 5.69. The number of ether oxygens (including phenoxy) is 1. The molecule has 0 bridgehead atoms. The van der Waals surface area contributed by atoms with Gasteiger partial charge in [0.2, 0.25) is 5.91 Å². The number of methoxy groups -OCH3 is 1. The van der Waals surface area contributed by atoms with Crippen LogP contribution in [0.25, 0.3) is 0 Å². The average molecular weight is 329 g/mol. The quantitative estimate of drug-likeness (QED) is 0.855. The number of nitrogens with zero attached hydrogens (tertiary/aromatic N) is 4. The SMILES string of the molecule is COCc1nc([C@H]2CN(C(=O)CC3(C#N)CC3)C[C@@H]2C2CC2)n[nH]1. The van der Waals surface area contributed by atoms with Gasteiger partial charge in [-0.1, -0.05) is 0 Å². The van der Waals surface area contributed by atoms with Crippen LogP contribution in [0.3, 0.4) is 0 Å². The van der Waals surface area contributed by atoms with Crippen molar-refractivity contribution < 1.29 is 9.53 Å². The van der Waals surface area contributed by atoms with Crippen molar-refractivity contribution in [3.05, 3.63) is 11.6 Å². The molecule has 1 amide bonds. The minimum absolute atomic E-state index is 0.120. The van der Waals surface area contributed by atoms with E-state index in [1.54, 1.807) is 7.11 Å². The second-order valence-electron chi connectivity index (χ2n) is 7.55. The van der Waals surface area contributed by atoms with E-state index in [-0.39, 0.29) is 17.2 Å². The highest BCUT2D eigenvalue weighted by molar-refractivity contribution is 5.78. The highest BCUT2D eigenvalue weighted by atomic mass is 16.5. The molecule has 7 heteroatoms. The maximum Gasteiger partial charge on any atom is 0.224 e. The van der Waals surface area contributed by atoms with E-state index in [0.29, 0.717) is 31.4 Å². The number of nitriles is 1. The van der Waals surface area contributed by atoms with Crippen LogP contribution in [0.2, 0.25) is 0 Å². The normalized spacial score (nSPS) is 27.9. The molecule has 4 rings (SSSR count). The fraction of sp³-hybridized carbons (Fsp3) is 0.765. The number of amides is 1. The van der Waals surface area contributed by atoms with Crippen molar-refractivity contribution in [2.45, 2.75) is 44.6 Å². The first-order valence-corrected chi connectivity index (χ1v) is 8.73. The van der Waals surface area contributed by atoms with Gasteiger partial charge >= 0.3 is 0 Å². The van der Waals surface area contributed by atoms with Crippen molar-refractivity contribution in [3.63, 3.8) is 0 Å². The van der Waals surface area contributed by atoms with Crippen molar-refractivity contribution in [2.75, 3.05) is 20.2 Å². The van der Waals surface area contributed by atoms with E-state index in [2.05, 4.69) is 21.3 Å². The number of carbonyl (C=O) groups is 1. The topological polar surface area (TPSA) is 94.9 Å². The number of carbonyl (C=O) groups excluding carboxylic acids is 1. The molecule has 128 valence electrons. The van der Waals surface area contributed by atoms with E-state index in [4.69, 9.17) is 4.74 Å². The summed E-state index contributed by atoms with van der Waals surface area (Å²) in [6.45, 7) is 1.87. The lowest BCUT2D eigenvalue weighted by atomic mass is 9.91. The molecule has 2 atom stereocenters. The molecule has 1 saturated heterocycles. The summed E-state index contributed by atoms with van der Waals surface area (Å²) in [5, 5.41) is 16.5. The summed E-state index contributed by atoms with van der Waals surface area (Å²) in [6, 6.07) is 2.32. The predicted molar refractivity (Wildman–Crippen MR) is 84.5 cm³/mol. The van der Waals surface area contributed by atoms with Crippen LogP contribution in [0.4, 0.5) is 0 Å². The molecule has 0 unspecified atom stereocenters. The van der Waals surface area contributed by atoms with Crippen LogP contribution in [0, 0.1) is 28.6 Å². The van der Waals surface area contributed by atoms with Gasteiger partial charge in [0.05, 0.1) is 11.5 Å². The van der Waals surface area contributed by atoms with Crippen LogP contribution in [-0.2, 0) is 16.1 Å². The Balaban J connectivity index is 1.47. The molecule has 2 heterocycles. The summed E-state index contributed by atoms with van der Waals surface area (Å²) in [6.07, 6.45) is 4.57. The standard InChI is InChI=1S/C17H23N5O2/c1-24-9-14-19-16(21-20-14)13-8-22(7-12(13)11-2-3-11)15(23)6-17(10-18)4-5-17/h11-13H,2-9H2,1H3,(H,19,20,21)/t12-,13+/m1/s1. The van der Waals surface area contributed by atoms with Crippen molar-refractivity contribution >= 4 is 5.91 Å². The van der Waals surface area contributed by atoms with Gasteiger partial charge in [-0.25, -0.2) is 4.98 Å². The van der Waals surface area contributed by atoms with Crippen LogP contribution in [0.1, 0.15) is 49.7 Å². The number of rotatable bonds is 6. The summed E-state index contributed by atoms with van der Waals surface area (Å²) >= 11 is 0. The highest BCUT2D eigenvalue weighted by Gasteiger charge is 2.49. The Hall–Kier alpha value is -1.94. The highest BCUT2D eigenvalue weighted by Crippen LogP contribution is 2.50. The first kappa shape index (κ1) is 15.6. The average Bonchev–Trinajstić information content (AvgIpc) is 3.48. The molecule has 3 fully saturated rings. The van der Waals surface area contributed by atoms with Crippen LogP contribution in [0.15, 0.2) is 0 Å². The number of aromatic nitrogens is 3. The van der Waals surface area contributed by atoms with Crippen molar-refractivity contribution in [3.8, 4) is 6.07 Å². The second-order valence-corrected chi connectivity index (χ2v) is 7.55. The van der Waals surface area contributed by atoms with Gasteiger partial charge in [0.25, 0.3) is 0 Å². The van der Waals surface area contributed by atoms with E-state index in [1.165, 1.54) is 12.8 Å². The molecule has 2 saturated carbocycles. The van der Waals surface area contributed by atoms with Gasteiger partial charge in [0.1, 0.15) is 6.61 Å². The van der Waals surface area contributed by atoms with Crippen LogP contribution in [-0.4, -0.2) is 46.2 Å². The Bertz CT molecular complexity index is 671. The molecule has 0 spiro atoms. The van der Waals surface area contributed by atoms with Crippen LogP contribution in [0.5, 0.6) is 0 Å². The number of hydrogen-bond donors (Lipinski definition) is 1. The largest absolute Gasteiger partial charge is 0.377 e. The Morgan fingerprint density at radius 1 is 1.46 bits per heavy atom. The van der Waals surface area contributed by atoms with Gasteiger partial charge in [0.15, 0.2) is 11.6 Å². The summed E-state index contributed by atoms with van der Waals surface area (Å²) < 4.78 is 5.10. The van der Waals surface area contributed by atoms with Gasteiger partial charge in [-0.15, -0.1) is 0 Å². The van der Waals surface area contributed by atoms with Gasteiger partial charge in [-0.05, 0) is 37.5 Å².